The monoisotopic (exact) mass is 402 g/mol. The number of aromatic nitrogens is 2. The molecule has 0 bridgehead atoms. The van der Waals surface area contributed by atoms with Gasteiger partial charge in [-0.05, 0) is 54.8 Å². The van der Waals surface area contributed by atoms with Crippen LogP contribution in [0.15, 0.2) is 73.2 Å². The molecule has 1 aromatic carbocycles. The van der Waals surface area contributed by atoms with Crippen molar-refractivity contribution in [2.75, 3.05) is 13.1 Å². The van der Waals surface area contributed by atoms with Gasteiger partial charge in [-0.2, -0.15) is 0 Å². The summed E-state index contributed by atoms with van der Waals surface area (Å²) in [6.45, 7) is 3.28. The number of nitrogens with zero attached hydrogens (tertiary/aromatic N) is 3. The van der Waals surface area contributed by atoms with Gasteiger partial charge in [0.15, 0.2) is 0 Å². The molecule has 1 aliphatic rings. The Morgan fingerprint density at radius 1 is 1.07 bits per heavy atom. The first-order valence-corrected chi connectivity index (χ1v) is 10.3. The van der Waals surface area contributed by atoms with Crippen LogP contribution in [-0.2, 0) is 13.1 Å². The molecule has 30 heavy (non-hydrogen) atoms. The van der Waals surface area contributed by atoms with Crippen molar-refractivity contribution in [3.8, 4) is 5.75 Å². The van der Waals surface area contributed by atoms with Gasteiger partial charge in [0.25, 0.3) is 5.91 Å². The minimum Gasteiger partial charge on any atom is -0.490 e. The zero-order chi connectivity index (χ0) is 20.6. The Hall–Kier alpha value is -3.25. The number of pyridine rings is 2. The maximum Gasteiger partial charge on any atom is 0.251 e. The van der Waals surface area contributed by atoms with Crippen molar-refractivity contribution in [3.05, 3.63) is 90.0 Å². The third-order valence-electron chi connectivity index (χ3n) is 5.22. The zero-order valence-electron chi connectivity index (χ0n) is 16.9. The van der Waals surface area contributed by atoms with Gasteiger partial charge in [0.2, 0.25) is 0 Å². The fourth-order valence-corrected chi connectivity index (χ4v) is 3.60. The Kier molecular flexibility index (Phi) is 6.67. The van der Waals surface area contributed by atoms with Crippen LogP contribution in [0.3, 0.4) is 0 Å². The lowest BCUT2D eigenvalue weighted by Gasteiger charge is -2.32. The van der Waals surface area contributed by atoms with Crippen LogP contribution in [0.5, 0.6) is 5.75 Å². The first-order valence-electron chi connectivity index (χ1n) is 10.3. The minimum absolute atomic E-state index is 0.116. The van der Waals surface area contributed by atoms with Gasteiger partial charge in [-0.3, -0.25) is 19.7 Å². The summed E-state index contributed by atoms with van der Waals surface area (Å²) >= 11 is 0. The average Bonchev–Trinajstić information content (AvgIpc) is 2.80. The number of benzene rings is 1. The number of piperidine rings is 1. The SMILES string of the molecule is O=C(NCc1cccnc1)c1cccc(OC2CCN(Cc3ccccn3)CC2)c1. The molecule has 1 N–H and O–H groups in total. The molecule has 0 atom stereocenters. The maximum absolute atomic E-state index is 12.5. The van der Waals surface area contributed by atoms with E-state index in [1.54, 1.807) is 18.5 Å². The van der Waals surface area contributed by atoms with Crippen LogP contribution in [0.1, 0.15) is 34.5 Å². The van der Waals surface area contributed by atoms with E-state index in [-0.39, 0.29) is 12.0 Å². The van der Waals surface area contributed by atoms with Crippen LogP contribution in [0.4, 0.5) is 0 Å². The van der Waals surface area contributed by atoms with Crippen LogP contribution >= 0.6 is 0 Å². The molecule has 0 aliphatic carbocycles. The van der Waals surface area contributed by atoms with Gasteiger partial charge in [-0.15, -0.1) is 0 Å². The van der Waals surface area contributed by atoms with Gasteiger partial charge in [-0.25, -0.2) is 0 Å². The fraction of sp³-hybridized carbons (Fsp3) is 0.292. The quantitative estimate of drug-likeness (QED) is 0.656. The zero-order valence-corrected chi connectivity index (χ0v) is 16.9. The molecular formula is C24H26N4O2. The summed E-state index contributed by atoms with van der Waals surface area (Å²) in [5, 5.41) is 2.93. The number of ether oxygens (including phenoxy) is 1. The standard InChI is InChI=1S/C24H26N4O2/c29-24(27-17-19-5-4-11-25-16-19)20-6-3-8-23(15-20)30-22-9-13-28(14-10-22)18-21-7-1-2-12-26-21/h1-8,11-12,15-16,22H,9-10,13-14,17-18H2,(H,27,29). The van der Waals surface area contributed by atoms with E-state index in [4.69, 9.17) is 4.74 Å². The summed E-state index contributed by atoms with van der Waals surface area (Å²) in [6.07, 6.45) is 7.40. The number of hydrogen-bond donors (Lipinski definition) is 1. The van der Waals surface area contributed by atoms with E-state index < -0.39 is 0 Å². The molecule has 154 valence electrons. The van der Waals surface area contributed by atoms with Crippen molar-refractivity contribution >= 4 is 5.91 Å². The second-order valence-corrected chi connectivity index (χ2v) is 7.49. The number of amides is 1. The molecule has 1 saturated heterocycles. The molecule has 0 unspecified atom stereocenters. The summed E-state index contributed by atoms with van der Waals surface area (Å²) < 4.78 is 6.18. The van der Waals surface area contributed by atoms with E-state index in [9.17, 15) is 4.79 Å². The third kappa shape index (κ3) is 5.64. The molecule has 2 aromatic heterocycles. The molecule has 6 nitrogen and oxygen atoms in total. The number of rotatable bonds is 7. The lowest BCUT2D eigenvalue weighted by atomic mass is 10.1. The third-order valence-corrected chi connectivity index (χ3v) is 5.22. The highest BCUT2D eigenvalue weighted by molar-refractivity contribution is 5.94. The highest BCUT2D eigenvalue weighted by Gasteiger charge is 2.21. The van der Waals surface area contributed by atoms with Crippen LogP contribution in [0.25, 0.3) is 0 Å². The van der Waals surface area contributed by atoms with Crippen LogP contribution in [0.2, 0.25) is 0 Å². The fourth-order valence-electron chi connectivity index (χ4n) is 3.60. The van der Waals surface area contributed by atoms with Crippen LogP contribution in [-0.4, -0.2) is 40.0 Å². The topological polar surface area (TPSA) is 67.3 Å². The largest absolute Gasteiger partial charge is 0.490 e. The number of likely N-dealkylation sites (tertiary alicyclic amines) is 1. The predicted molar refractivity (Wildman–Crippen MR) is 115 cm³/mol. The molecule has 3 heterocycles. The Labute approximate surface area is 176 Å². The smallest absolute Gasteiger partial charge is 0.251 e. The molecule has 1 aliphatic heterocycles. The Morgan fingerprint density at radius 3 is 2.73 bits per heavy atom. The minimum atomic E-state index is -0.116. The van der Waals surface area contributed by atoms with Crippen molar-refractivity contribution in [2.45, 2.75) is 32.0 Å². The number of carbonyl (C=O) groups is 1. The molecule has 6 heteroatoms. The summed E-state index contributed by atoms with van der Waals surface area (Å²) in [5.41, 5.74) is 2.67. The van der Waals surface area contributed by atoms with E-state index in [1.807, 2.05) is 48.7 Å². The normalized spacial score (nSPS) is 14.9. The number of nitrogens with one attached hydrogen (secondary N) is 1. The highest BCUT2D eigenvalue weighted by Crippen LogP contribution is 2.21. The van der Waals surface area contributed by atoms with Crippen LogP contribution in [0, 0.1) is 0 Å². The first-order chi connectivity index (χ1) is 14.8. The summed E-state index contributed by atoms with van der Waals surface area (Å²) in [4.78, 5) is 23.4. The van der Waals surface area contributed by atoms with E-state index in [1.165, 1.54) is 0 Å². The Morgan fingerprint density at radius 2 is 1.97 bits per heavy atom. The predicted octanol–water partition coefficient (Wildman–Crippen LogP) is 3.45. The second-order valence-electron chi connectivity index (χ2n) is 7.49. The van der Waals surface area contributed by atoms with Crippen LogP contribution < -0.4 is 10.1 Å². The van der Waals surface area contributed by atoms with Crippen molar-refractivity contribution in [1.29, 1.82) is 0 Å². The summed E-state index contributed by atoms with van der Waals surface area (Å²) in [5.74, 6) is 0.627. The van der Waals surface area contributed by atoms with Crippen molar-refractivity contribution in [3.63, 3.8) is 0 Å². The van der Waals surface area contributed by atoms with Gasteiger partial charge in [-0.1, -0.05) is 18.2 Å². The number of hydrogen-bond acceptors (Lipinski definition) is 5. The van der Waals surface area contributed by atoms with Gasteiger partial charge < -0.3 is 10.1 Å². The maximum atomic E-state index is 12.5. The molecule has 0 spiro atoms. The molecule has 1 amide bonds. The molecule has 3 aromatic rings. The van der Waals surface area contributed by atoms with Crippen molar-refractivity contribution < 1.29 is 9.53 Å². The molecule has 1 fully saturated rings. The Balaban J connectivity index is 1.27. The van der Waals surface area contributed by atoms with E-state index >= 15 is 0 Å². The lowest BCUT2D eigenvalue weighted by Crippen LogP contribution is -2.38. The van der Waals surface area contributed by atoms with Gasteiger partial charge in [0, 0.05) is 50.3 Å². The van der Waals surface area contributed by atoms with Gasteiger partial charge in [0.1, 0.15) is 11.9 Å². The summed E-state index contributed by atoms with van der Waals surface area (Å²) in [7, 11) is 0. The molecule has 4 rings (SSSR count). The van der Waals surface area contributed by atoms with Crippen molar-refractivity contribution in [2.24, 2.45) is 0 Å². The highest BCUT2D eigenvalue weighted by atomic mass is 16.5. The van der Waals surface area contributed by atoms with E-state index in [2.05, 4.69) is 26.3 Å². The van der Waals surface area contributed by atoms with Gasteiger partial charge >= 0.3 is 0 Å². The van der Waals surface area contributed by atoms with Gasteiger partial charge in [0.05, 0.1) is 5.69 Å². The molecule has 0 radical (unpaired) electrons. The van der Waals surface area contributed by atoms with E-state index in [0.717, 1.165) is 49.5 Å². The van der Waals surface area contributed by atoms with Crippen molar-refractivity contribution in [1.82, 2.24) is 20.2 Å². The molecular weight excluding hydrogens is 376 g/mol. The molecule has 0 saturated carbocycles. The first kappa shape index (κ1) is 20.0. The second kappa shape index (κ2) is 9.98. The lowest BCUT2D eigenvalue weighted by molar-refractivity contribution is 0.0932. The summed E-state index contributed by atoms with van der Waals surface area (Å²) in [6, 6.07) is 17.2. The average molecular weight is 402 g/mol. The Bertz CT molecular complexity index is 942. The van der Waals surface area contributed by atoms with E-state index in [0.29, 0.717) is 12.1 Å². The number of carbonyl (C=O) groups excluding carboxylic acids is 1.